The van der Waals surface area contributed by atoms with Gasteiger partial charge in [-0.05, 0) is 30.7 Å². The Bertz CT molecular complexity index is 701. The molecule has 0 fully saturated rings. The third-order valence-electron chi connectivity index (χ3n) is 3.79. The van der Waals surface area contributed by atoms with Crippen LogP contribution in [0.15, 0.2) is 42.5 Å². The Balaban J connectivity index is 2.08. The molecule has 2 rings (SSSR count). The molecular formula is C19H24N2O3. The minimum absolute atomic E-state index is 0.0751. The van der Waals surface area contributed by atoms with Gasteiger partial charge < -0.3 is 20.1 Å². The molecule has 0 heterocycles. The maximum atomic E-state index is 11.2. The molecule has 1 atom stereocenters. The minimum Gasteiger partial charge on any atom is -0.493 e. The van der Waals surface area contributed by atoms with Crippen LogP contribution in [0.25, 0.3) is 0 Å². The Labute approximate surface area is 143 Å². The second-order valence-electron chi connectivity index (χ2n) is 5.56. The van der Waals surface area contributed by atoms with Crippen LogP contribution in [-0.4, -0.2) is 20.1 Å². The van der Waals surface area contributed by atoms with Crippen LogP contribution >= 0.6 is 0 Å². The summed E-state index contributed by atoms with van der Waals surface area (Å²) in [5.74, 6) is 1.39. The number of nitrogens with one attached hydrogen (secondary N) is 2. The van der Waals surface area contributed by atoms with Crippen LogP contribution in [0.5, 0.6) is 11.5 Å². The number of amides is 1. The number of methoxy groups -OCH3 is 2. The third kappa shape index (κ3) is 4.49. The number of hydrogen-bond acceptors (Lipinski definition) is 4. The molecule has 0 aromatic heterocycles. The Kier molecular flexibility index (Phi) is 6.21. The number of ether oxygens (including phenoxy) is 2. The van der Waals surface area contributed by atoms with Gasteiger partial charge in [0, 0.05) is 30.8 Å². The zero-order chi connectivity index (χ0) is 17.5. The van der Waals surface area contributed by atoms with Crippen molar-refractivity contribution >= 4 is 11.6 Å². The van der Waals surface area contributed by atoms with E-state index in [1.165, 1.54) is 6.92 Å². The van der Waals surface area contributed by atoms with Gasteiger partial charge in [-0.25, -0.2) is 0 Å². The fourth-order valence-electron chi connectivity index (χ4n) is 2.56. The number of carbonyl (C=O) groups is 1. The van der Waals surface area contributed by atoms with Gasteiger partial charge in [0.2, 0.25) is 5.91 Å². The summed E-state index contributed by atoms with van der Waals surface area (Å²) >= 11 is 0. The first-order valence-electron chi connectivity index (χ1n) is 7.86. The van der Waals surface area contributed by atoms with Crippen molar-refractivity contribution < 1.29 is 14.3 Å². The van der Waals surface area contributed by atoms with E-state index in [9.17, 15) is 4.79 Å². The van der Waals surface area contributed by atoms with E-state index < -0.39 is 0 Å². The number of para-hydroxylation sites is 1. The number of hydrogen-bond donors (Lipinski definition) is 2. The molecule has 0 spiro atoms. The summed E-state index contributed by atoms with van der Waals surface area (Å²) in [5, 5.41) is 6.28. The quantitative estimate of drug-likeness (QED) is 0.816. The summed E-state index contributed by atoms with van der Waals surface area (Å²) in [6, 6.07) is 13.8. The average Bonchev–Trinajstić information content (AvgIpc) is 2.58. The van der Waals surface area contributed by atoms with Crippen LogP contribution < -0.4 is 20.1 Å². The van der Waals surface area contributed by atoms with Gasteiger partial charge in [0.25, 0.3) is 0 Å². The van der Waals surface area contributed by atoms with Crippen molar-refractivity contribution in [1.82, 2.24) is 5.32 Å². The Morgan fingerprint density at radius 3 is 2.54 bits per heavy atom. The van der Waals surface area contributed by atoms with Crippen molar-refractivity contribution in [1.29, 1.82) is 0 Å². The van der Waals surface area contributed by atoms with Crippen LogP contribution in [0.2, 0.25) is 0 Å². The molecule has 2 aromatic carbocycles. The molecule has 1 amide bonds. The first-order chi connectivity index (χ1) is 11.5. The monoisotopic (exact) mass is 328 g/mol. The van der Waals surface area contributed by atoms with E-state index in [4.69, 9.17) is 9.47 Å². The minimum atomic E-state index is -0.0751. The van der Waals surface area contributed by atoms with Gasteiger partial charge in [-0.1, -0.05) is 24.3 Å². The lowest BCUT2D eigenvalue weighted by Crippen LogP contribution is -2.19. The van der Waals surface area contributed by atoms with E-state index in [2.05, 4.69) is 17.6 Å². The van der Waals surface area contributed by atoms with E-state index in [-0.39, 0.29) is 11.9 Å². The van der Waals surface area contributed by atoms with Gasteiger partial charge in [-0.15, -0.1) is 0 Å². The average molecular weight is 328 g/mol. The van der Waals surface area contributed by atoms with Gasteiger partial charge in [-0.3, -0.25) is 4.79 Å². The van der Waals surface area contributed by atoms with E-state index in [0.717, 1.165) is 28.3 Å². The molecule has 2 aromatic rings. The number of carbonyl (C=O) groups excluding carboxylic acids is 1. The van der Waals surface area contributed by atoms with E-state index in [1.807, 2.05) is 42.5 Å². The topological polar surface area (TPSA) is 59.6 Å². The van der Waals surface area contributed by atoms with Crippen LogP contribution in [-0.2, 0) is 11.3 Å². The maximum absolute atomic E-state index is 11.2. The van der Waals surface area contributed by atoms with Gasteiger partial charge in [-0.2, -0.15) is 0 Å². The zero-order valence-electron chi connectivity index (χ0n) is 14.6. The largest absolute Gasteiger partial charge is 0.493 e. The van der Waals surface area contributed by atoms with Crippen LogP contribution in [0, 0.1) is 0 Å². The molecule has 5 heteroatoms. The fourth-order valence-corrected chi connectivity index (χ4v) is 2.56. The first-order valence-corrected chi connectivity index (χ1v) is 7.86. The smallest absolute Gasteiger partial charge is 0.221 e. The highest BCUT2D eigenvalue weighted by Crippen LogP contribution is 2.31. The van der Waals surface area contributed by atoms with E-state index in [0.29, 0.717) is 6.54 Å². The van der Waals surface area contributed by atoms with Crippen LogP contribution in [0.1, 0.15) is 31.0 Å². The predicted molar refractivity (Wildman–Crippen MR) is 95.5 cm³/mol. The van der Waals surface area contributed by atoms with Gasteiger partial charge in [0.1, 0.15) is 0 Å². The fraction of sp³-hybridized carbons (Fsp3) is 0.316. The van der Waals surface area contributed by atoms with Crippen LogP contribution in [0.3, 0.4) is 0 Å². The highest BCUT2D eigenvalue weighted by Gasteiger charge is 2.11. The summed E-state index contributed by atoms with van der Waals surface area (Å²) in [5.41, 5.74) is 2.93. The second kappa shape index (κ2) is 8.36. The molecular weight excluding hydrogens is 304 g/mol. The van der Waals surface area contributed by atoms with Crippen molar-refractivity contribution in [3.63, 3.8) is 0 Å². The third-order valence-corrected chi connectivity index (χ3v) is 3.79. The Hall–Kier alpha value is -2.53. The molecule has 0 aliphatic rings. The maximum Gasteiger partial charge on any atom is 0.221 e. The van der Waals surface area contributed by atoms with E-state index >= 15 is 0 Å². The standard InChI is InChI=1S/C19H24N2O3/c1-13(15-7-5-9-17(11-15)21-14(2)22)20-12-16-8-6-10-18(23-3)19(16)24-4/h5-11,13,20H,12H2,1-4H3,(H,21,22). The molecule has 0 saturated heterocycles. The molecule has 1 unspecified atom stereocenters. The predicted octanol–water partition coefficient (Wildman–Crippen LogP) is 3.51. The van der Waals surface area contributed by atoms with Crippen molar-refractivity contribution in [3.8, 4) is 11.5 Å². The molecule has 128 valence electrons. The molecule has 0 aliphatic heterocycles. The SMILES string of the molecule is COc1cccc(CNC(C)c2cccc(NC(C)=O)c2)c1OC. The normalized spacial score (nSPS) is 11.7. The van der Waals surface area contributed by atoms with Crippen molar-refractivity contribution in [3.05, 3.63) is 53.6 Å². The van der Waals surface area contributed by atoms with Crippen molar-refractivity contribution in [2.24, 2.45) is 0 Å². The van der Waals surface area contributed by atoms with Crippen molar-refractivity contribution in [2.45, 2.75) is 26.4 Å². The summed E-state index contributed by atoms with van der Waals surface area (Å²) in [7, 11) is 3.27. The number of benzene rings is 2. The molecule has 0 saturated carbocycles. The molecule has 0 aliphatic carbocycles. The van der Waals surface area contributed by atoms with Gasteiger partial charge >= 0.3 is 0 Å². The van der Waals surface area contributed by atoms with Gasteiger partial charge in [0.15, 0.2) is 11.5 Å². The number of anilines is 1. The first kappa shape index (κ1) is 17.8. The molecule has 0 bridgehead atoms. The molecule has 5 nitrogen and oxygen atoms in total. The Morgan fingerprint density at radius 1 is 1.12 bits per heavy atom. The molecule has 24 heavy (non-hydrogen) atoms. The highest BCUT2D eigenvalue weighted by molar-refractivity contribution is 5.88. The van der Waals surface area contributed by atoms with Crippen LogP contribution in [0.4, 0.5) is 5.69 Å². The lowest BCUT2D eigenvalue weighted by atomic mass is 10.1. The van der Waals surface area contributed by atoms with Crippen molar-refractivity contribution in [2.75, 3.05) is 19.5 Å². The molecule has 0 radical (unpaired) electrons. The lowest BCUT2D eigenvalue weighted by molar-refractivity contribution is -0.114. The summed E-state index contributed by atoms with van der Waals surface area (Å²) < 4.78 is 10.8. The summed E-state index contributed by atoms with van der Waals surface area (Å²) in [4.78, 5) is 11.2. The van der Waals surface area contributed by atoms with E-state index in [1.54, 1.807) is 14.2 Å². The number of rotatable bonds is 7. The highest BCUT2D eigenvalue weighted by atomic mass is 16.5. The molecule has 2 N–H and O–H groups in total. The zero-order valence-corrected chi connectivity index (χ0v) is 14.6. The summed E-state index contributed by atoms with van der Waals surface area (Å²) in [6.45, 7) is 4.23. The lowest BCUT2D eigenvalue weighted by Gasteiger charge is -2.18. The second-order valence-corrected chi connectivity index (χ2v) is 5.56. The van der Waals surface area contributed by atoms with Gasteiger partial charge in [0.05, 0.1) is 14.2 Å². The summed E-state index contributed by atoms with van der Waals surface area (Å²) in [6.07, 6.45) is 0. The Morgan fingerprint density at radius 2 is 1.88 bits per heavy atom.